The van der Waals surface area contributed by atoms with Crippen molar-refractivity contribution in [3.8, 4) is 0 Å². The second kappa shape index (κ2) is 6.33. The van der Waals surface area contributed by atoms with Gasteiger partial charge in [-0.05, 0) is 31.2 Å². The lowest BCUT2D eigenvalue weighted by Gasteiger charge is -2.21. The number of rotatable bonds is 4. The maximum atomic E-state index is 12.7. The minimum Gasteiger partial charge on any atom is -0.423 e. The third kappa shape index (κ3) is 3.81. The third-order valence-corrected chi connectivity index (χ3v) is 5.95. The summed E-state index contributed by atoms with van der Waals surface area (Å²) in [6, 6.07) is 5.92. The molecule has 0 aliphatic carbocycles. The Bertz CT molecular complexity index is 779. The van der Waals surface area contributed by atoms with Crippen LogP contribution in [0.15, 0.2) is 38.1 Å². The Hall–Kier alpha value is -1.25. The van der Waals surface area contributed by atoms with Crippen LogP contribution in [0, 0.1) is 0 Å². The molecule has 23 heavy (non-hydrogen) atoms. The van der Waals surface area contributed by atoms with Gasteiger partial charge in [0, 0.05) is 16.9 Å². The first kappa shape index (κ1) is 18.1. The summed E-state index contributed by atoms with van der Waals surface area (Å²) in [6.07, 6.45) is 0. The van der Waals surface area contributed by atoms with Crippen LogP contribution in [0.1, 0.15) is 45.5 Å². The molecule has 0 aliphatic heterocycles. The Morgan fingerprint density at radius 1 is 1.17 bits per heavy atom. The van der Waals surface area contributed by atoms with Crippen LogP contribution >= 0.6 is 15.9 Å². The van der Waals surface area contributed by atoms with E-state index in [0.29, 0.717) is 5.89 Å². The van der Waals surface area contributed by atoms with Gasteiger partial charge in [0.05, 0.1) is 4.90 Å². The molecule has 0 aliphatic rings. The Morgan fingerprint density at radius 2 is 1.74 bits per heavy atom. The molecular formula is C15H20BrN3O3S. The predicted molar refractivity (Wildman–Crippen MR) is 90.5 cm³/mol. The number of hydrogen-bond acceptors (Lipinski definition) is 5. The van der Waals surface area contributed by atoms with Gasteiger partial charge in [-0.3, -0.25) is 0 Å². The normalized spacial score (nSPS) is 14.2. The largest absolute Gasteiger partial charge is 0.423 e. The Kier molecular flexibility index (Phi) is 4.98. The predicted octanol–water partition coefficient (Wildman–Crippen LogP) is 3.51. The van der Waals surface area contributed by atoms with Crippen molar-refractivity contribution in [1.82, 2.24) is 14.5 Å². The SMILES string of the molecule is CC(c1nnc(C(C)(C)C)o1)N(C)S(=O)(=O)c1ccc(Br)cc1. The average Bonchev–Trinajstić information content (AvgIpc) is 2.96. The van der Waals surface area contributed by atoms with Crippen molar-refractivity contribution in [3.63, 3.8) is 0 Å². The maximum Gasteiger partial charge on any atom is 0.243 e. The fourth-order valence-electron chi connectivity index (χ4n) is 1.84. The first-order chi connectivity index (χ1) is 10.5. The second-order valence-corrected chi connectivity index (χ2v) is 9.26. The van der Waals surface area contributed by atoms with Gasteiger partial charge in [0.15, 0.2) is 0 Å². The lowest BCUT2D eigenvalue weighted by atomic mass is 9.97. The first-order valence-electron chi connectivity index (χ1n) is 7.11. The summed E-state index contributed by atoms with van der Waals surface area (Å²) in [5, 5.41) is 8.01. The summed E-state index contributed by atoms with van der Waals surface area (Å²) >= 11 is 3.29. The molecule has 8 heteroatoms. The van der Waals surface area contributed by atoms with Gasteiger partial charge in [0.25, 0.3) is 0 Å². The molecule has 1 aromatic heterocycles. The molecule has 0 N–H and O–H groups in total. The minimum absolute atomic E-state index is 0.214. The van der Waals surface area contributed by atoms with Crippen molar-refractivity contribution in [3.05, 3.63) is 40.5 Å². The fourth-order valence-corrected chi connectivity index (χ4v) is 3.43. The summed E-state index contributed by atoms with van der Waals surface area (Å²) in [5.41, 5.74) is -0.284. The molecule has 0 spiro atoms. The summed E-state index contributed by atoms with van der Waals surface area (Å²) in [4.78, 5) is 0.214. The lowest BCUT2D eigenvalue weighted by molar-refractivity contribution is 0.301. The molecule has 1 atom stereocenters. The highest BCUT2D eigenvalue weighted by Crippen LogP contribution is 2.28. The van der Waals surface area contributed by atoms with Crippen molar-refractivity contribution in [2.24, 2.45) is 0 Å². The molecule has 0 saturated heterocycles. The van der Waals surface area contributed by atoms with Crippen LogP contribution in [0.4, 0.5) is 0 Å². The molecule has 1 heterocycles. The zero-order chi connectivity index (χ0) is 17.4. The molecule has 6 nitrogen and oxygen atoms in total. The highest BCUT2D eigenvalue weighted by molar-refractivity contribution is 9.10. The van der Waals surface area contributed by atoms with Crippen LogP contribution in [0.5, 0.6) is 0 Å². The van der Waals surface area contributed by atoms with Gasteiger partial charge in [0.2, 0.25) is 21.8 Å². The zero-order valence-corrected chi connectivity index (χ0v) is 16.1. The molecule has 0 saturated carbocycles. The fraction of sp³-hybridized carbons (Fsp3) is 0.467. The maximum absolute atomic E-state index is 12.7. The van der Waals surface area contributed by atoms with Crippen LogP contribution in [0.3, 0.4) is 0 Å². The van der Waals surface area contributed by atoms with E-state index in [4.69, 9.17) is 4.42 Å². The van der Waals surface area contributed by atoms with E-state index in [1.165, 1.54) is 11.4 Å². The van der Waals surface area contributed by atoms with E-state index >= 15 is 0 Å². The molecule has 2 aromatic rings. The van der Waals surface area contributed by atoms with Crippen molar-refractivity contribution in [2.75, 3.05) is 7.05 Å². The topological polar surface area (TPSA) is 76.3 Å². The molecular weight excluding hydrogens is 382 g/mol. The first-order valence-corrected chi connectivity index (χ1v) is 9.34. The molecule has 2 rings (SSSR count). The van der Waals surface area contributed by atoms with E-state index in [2.05, 4.69) is 26.1 Å². The van der Waals surface area contributed by atoms with E-state index in [-0.39, 0.29) is 16.2 Å². The van der Waals surface area contributed by atoms with E-state index in [1.807, 2.05) is 20.8 Å². The van der Waals surface area contributed by atoms with Gasteiger partial charge in [-0.1, -0.05) is 36.7 Å². The molecule has 1 unspecified atom stereocenters. The number of benzene rings is 1. The molecule has 0 amide bonds. The van der Waals surface area contributed by atoms with E-state index in [1.54, 1.807) is 31.2 Å². The second-order valence-electron chi connectivity index (χ2n) is 6.35. The van der Waals surface area contributed by atoms with Crippen LogP contribution in [-0.4, -0.2) is 30.0 Å². The lowest BCUT2D eigenvalue weighted by Crippen LogP contribution is -2.30. The monoisotopic (exact) mass is 401 g/mol. The van der Waals surface area contributed by atoms with E-state index in [0.717, 1.165) is 4.47 Å². The quantitative estimate of drug-likeness (QED) is 0.782. The van der Waals surface area contributed by atoms with E-state index < -0.39 is 16.1 Å². The molecule has 1 aromatic carbocycles. The van der Waals surface area contributed by atoms with Gasteiger partial charge in [-0.15, -0.1) is 10.2 Å². The smallest absolute Gasteiger partial charge is 0.243 e. The number of nitrogens with zero attached hydrogens (tertiary/aromatic N) is 3. The number of sulfonamides is 1. The summed E-state index contributed by atoms with van der Waals surface area (Å²) < 4.78 is 33.1. The minimum atomic E-state index is -3.64. The van der Waals surface area contributed by atoms with Crippen LogP contribution < -0.4 is 0 Å². The zero-order valence-electron chi connectivity index (χ0n) is 13.7. The van der Waals surface area contributed by atoms with Gasteiger partial charge >= 0.3 is 0 Å². The number of halogens is 1. The third-order valence-electron chi connectivity index (χ3n) is 3.48. The van der Waals surface area contributed by atoms with Crippen LogP contribution in [0.2, 0.25) is 0 Å². The van der Waals surface area contributed by atoms with Gasteiger partial charge in [-0.25, -0.2) is 8.42 Å². The Labute approximate surface area is 145 Å². The van der Waals surface area contributed by atoms with Gasteiger partial charge < -0.3 is 4.42 Å². The van der Waals surface area contributed by atoms with Crippen molar-refractivity contribution >= 4 is 26.0 Å². The molecule has 0 bridgehead atoms. The Morgan fingerprint density at radius 3 is 2.22 bits per heavy atom. The average molecular weight is 402 g/mol. The van der Waals surface area contributed by atoms with Crippen molar-refractivity contribution < 1.29 is 12.8 Å². The summed E-state index contributed by atoms with van der Waals surface area (Å²) in [6.45, 7) is 7.59. The van der Waals surface area contributed by atoms with Crippen molar-refractivity contribution in [1.29, 1.82) is 0 Å². The van der Waals surface area contributed by atoms with Gasteiger partial charge in [0.1, 0.15) is 6.04 Å². The van der Waals surface area contributed by atoms with Gasteiger partial charge in [-0.2, -0.15) is 4.31 Å². The summed E-state index contributed by atoms with van der Waals surface area (Å²) in [7, 11) is -2.14. The number of hydrogen-bond donors (Lipinski definition) is 0. The highest BCUT2D eigenvalue weighted by Gasteiger charge is 2.31. The van der Waals surface area contributed by atoms with Crippen molar-refractivity contribution in [2.45, 2.75) is 44.0 Å². The summed E-state index contributed by atoms with van der Waals surface area (Å²) in [5.74, 6) is 0.756. The number of aromatic nitrogens is 2. The molecule has 126 valence electrons. The molecule has 0 radical (unpaired) electrons. The van der Waals surface area contributed by atoms with Crippen LogP contribution in [0.25, 0.3) is 0 Å². The Balaban J connectivity index is 2.30. The highest BCUT2D eigenvalue weighted by atomic mass is 79.9. The molecule has 0 fully saturated rings. The van der Waals surface area contributed by atoms with Crippen LogP contribution in [-0.2, 0) is 15.4 Å². The van der Waals surface area contributed by atoms with E-state index in [9.17, 15) is 8.42 Å². The standard InChI is InChI=1S/C15H20BrN3O3S/c1-10(13-17-18-14(22-13)15(2,3)4)19(5)23(20,21)12-8-6-11(16)7-9-12/h6-10H,1-5H3.